The van der Waals surface area contributed by atoms with Crippen LogP contribution < -0.4 is 14.8 Å². The zero-order valence-electron chi connectivity index (χ0n) is 16.0. The average Bonchev–Trinajstić information content (AvgIpc) is 3.37. The number of rotatable bonds is 4. The van der Waals surface area contributed by atoms with Crippen LogP contribution in [0.2, 0.25) is 0 Å². The molecule has 0 aliphatic carbocycles. The maximum atomic E-state index is 5.96. The highest BCUT2D eigenvalue weighted by atomic mass is 127. The van der Waals surface area contributed by atoms with Crippen molar-refractivity contribution in [1.29, 1.82) is 0 Å². The van der Waals surface area contributed by atoms with Crippen LogP contribution in [0, 0.1) is 0 Å². The Hall–Kier alpha value is -0.780. The van der Waals surface area contributed by atoms with Gasteiger partial charge in [-0.05, 0) is 53.4 Å². The van der Waals surface area contributed by atoms with Gasteiger partial charge in [0.1, 0.15) is 6.10 Å². The van der Waals surface area contributed by atoms with Gasteiger partial charge in [0.25, 0.3) is 0 Å². The Morgan fingerprint density at radius 2 is 2.11 bits per heavy atom. The predicted octanol–water partition coefficient (Wildman–Crippen LogP) is 3.14. The summed E-state index contributed by atoms with van der Waals surface area (Å²) in [7, 11) is 0. The largest absolute Gasteiger partial charge is 0.454 e. The van der Waals surface area contributed by atoms with Gasteiger partial charge in [0.15, 0.2) is 17.5 Å². The Morgan fingerprint density at radius 1 is 1.25 bits per heavy atom. The lowest BCUT2D eigenvalue weighted by atomic mass is 10.1. The number of hydrogen-bond donors (Lipinski definition) is 1. The molecule has 4 rings (SSSR count). The predicted molar refractivity (Wildman–Crippen MR) is 121 cm³/mol. The molecule has 1 N–H and O–H groups in total. The minimum absolute atomic E-state index is 0. The lowest BCUT2D eigenvalue weighted by molar-refractivity contribution is -0.0817. The Bertz CT molecular complexity index is 700. The normalized spacial score (nSPS) is 24.2. The van der Waals surface area contributed by atoms with Gasteiger partial charge in [-0.3, -0.25) is 0 Å². The Labute approximate surface area is 191 Å². The second kappa shape index (κ2) is 10.3. The fourth-order valence-electron chi connectivity index (χ4n) is 3.69. The summed E-state index contributed by atoms with van der Waals surface area (Å²) in [5, 5.41) is 3.41. The third-order valence-corrected chi connectivity index (χ3v) is 5.59. The molecular weight excluding hydrogens is 541 g/mol. The first-order valence-corrected chi connectivity index (χ1v) is 10.4. The highest BCUT2D eigenvalue weighted by Crippen LogP contribution is 2.40. The van der Waals surface area contributed by atoms with Gasteiger partial charge in [0.2, 0.25) is 6.79 Å². The quantitative estimate of drug-likeness (QED) is 0.343. The summed E-state index contributed by atoms with van der Waals surface area (Å²) in [5.41, 5.74) is 1.07. The van der Waals surface area contributed by atoms with E-state index in [1.807, 2.05) is 12.1 Å². The van der Waals surface area contributed by atoms with Gasteiger partial charge in [-0.15, -0.1) is 24.0 Å². The molecule has 0 spiro atoms. The van der Waals surface area contributed by atoms with Gasteiger partial charge in [-0.1, -0.05) is 0 Å². The van der Waals surface area contributed by atoms with Crippen LogP contribution in [-0.4, -0.2) is 62.7 Å². The van der Waals surface area contributed by atoms with Crippen LogP contribution in [0.25, 0.3) is 0 Å². The van der Waals surface area contributed by atoms with Crippen molar-refractivity contribution in [2.45, 2.75) is 38.5 Å². The molecule has 3 aliphatic heterocycles. The summed E-state index contributed by atoms with van der Waals surface area (Å²) in [4.78, 5) is 7.13. The van der Waals surface area contributed by atoms with Crippen molar-refractivity contribution in [2.24, 2.45) is 4.99 Å². The molecule has 2 fully saturated rings. The van der Waals surface area contributed by atoms with Gasteiger partial charge in [-0.2, -0.15) is 0 Å². The van der Waals surface area contributed by atoms with Gasteiger partial charge < -0.3 is 29.2 Å². The number of nitrogens with zero attached hydrogens (tertiary/aromatic N) is 2. The molecule has 0 bridgehead atoms. The molecule has 28 heavy (non-hydrogen) atoms. The zero-order valence-corrected chi connectivity index (χ0v) is 19.9. The first-order chi connectivity index (χ1) is 13.2. The van der Waals surface area contributed by atoms with Crippen LogP contribution in [0.1, 0.15) is 25.3 Å². The van der Waals surface area contributed by atoms with Crippen LogP contribution in [0.3, 0.4) is 0 Å². The van der Waals surface area contributed by atoms with Gasteiger partial charge >= 0.3 is 0 Å². The number of aliphatic imine (C=N–C) groups is 1. The molecular formula is C19H27BrIN3O4. The Morgan fingerprint density at radius 3 is 2.89 bits per heavy atom. The highest BCUT2D eigenvalue weighted by Gasteiger charge is 2.32. The van der Waals surface area contributed by atoms with Crippen molar-refractivity contribution in [3.63, 3.8) is 0 Å². The summed E-state index contributed by atoms with van der Waals surface area (Å²) in [6, 6.07) is 4.03. The van der Waals surface area contributed by atoms with E-state index in [9.17, 15) is 0 Å². The smallest absolute Gasteiger partial charge is 0.231 e. The minimum Gasteiger partial charge on any atom is -0.454 e. The van der Waals surface area contributed by atoms with Crippen molar-refractivity contribution < 1.29 is 18.9 Å². The SMILES string of the molecule is CCNC(=NCc1cc(Br)c2c(c1)OCO2)N1CCOC(C2CCCO2)C1.I. The van der Waals surface area contributed by atoms with E-state index in [1.54, 1.807) is 0 Å². The van der Waals surface area contributed by atoms with E-state index < -0.39 is 0 Å². The molecule has 7 nitrogen and oxygen atoms in total. The van der Waals surface area contributed by atoms with Crippen LogP contribution >= 0.6 is 39.9 Å². The summed E-state index contributed by atoms with van der Waals surface area (Å²) in [6.07, 6.45) is 2.53. The third-order valence-electron chi connectivity index (χ3n) is 5.01. The summed E-state index contributed by atoms with van der Waals surface area (Å²) in [6.45, 7) is 6.93. The molecule has 3 aliphatic rings. The Kier molecular flexibility index (Phi) is 8.07. The zero-order chi connectivity index (χ0) is 18.6. The molecule has 156 valence electrons. The number of fused-ring (bicyclic) bond motifs is 1. The highest BCUT2D eigenvalue weighted by molar-refractivity contribution is 14.0. The number of ether oxygens (including phenoxy) is 4. The summed E-state index contributed by atoms with van der Waals surface area (Å²) >= 11 is 3.55. The van der Waals surface area contributed by atoms with Gasteiger partial charge in [0.05, 0.1) is 23.7 Å². The second-order valence-corrected chi connectivity index (χ2v) is 7.74. The maximum absolute atomic E-state index is 5.96. The molecule has 9 heteroatoms. The maximum Gasteiger partial charge on any atom is 0.231 e. The molecule has 2 unspecified atom stereocenters. The van der Waals surface area contributed by atoms with E-state index in [0.29, 0.717) is 13.2 Å². The lowest BCUT2D eigenvalue weighted by Crippen LogP contribution is -2.53. The van der Waals surface area contributed by atoms with E-state index in [4.69, 9.17) is 23.9 Å². The topological polar surface area (TPSA) is 64.6 Å². The van der Waals surface area contributed by atoms with E-state index in [2.05, 4.69) is 33.1 Å². The van der Waals surface area contributed by atoms with Crippen molar-refractivity contribution in [2.75, 3.05) is 39.6 Å². The van der Waals surface area contributed by atoms with Crippen LogP contribution in [0.5, 0.6) is 11.5 Å². The summed E-state index contributed by atoms with van der Waals surface area (Å²) in [5.74, 6) is 2.45. The average molecular weight is 568 g/mol. The van der Waals surface area contributed by atoms with E-state index in [0.717, 1.165) is 66.6 Å². The van der Waals surface area contributed by atoms with E-state index >= 15 is 0 Å². The Balaban J connectivity index is 0.00000225. The molecule has 1 aromatic carbocycles. The van der Waals surface area contributed by atoms with Crippen molar-refractivity contribution in [1.82, 2.24) is 10.2 Å². The molecule has 0 radical (unpaired) electrons. The van der Waals surface area contributed by atoms with Crippen LogP contribution in [0.15, 0.2) is 21.6 Å². The van der Waals surface area contributed by atoms with E-state index in [-0.39, 0.29) is 43.0 Å². The number of hydrogen-bond acceptors (Lipinski definition) is 5. The third kappa shape index (κ3) is 5.03. The standard InChI is InChI=1S/C19H26BrN3O4.HI/c1-2-21-19(23-5-7-25-17(11-23)15-4-3-6-24-15)22-10-13-8-14(20)18-16(9-13)26-12-27-18;/h8-9,15,17H,2-7,10-12H2,1H3,(H,21,22);1H. The molecule has 0 aromatic heterocycles. The molecule has 0 saturated carbocycles. The number of benzene rings is 1. The van der Waals surface area contributed by atoms with Crippen LogP contribution in [-0.2, 0) is 16.0 Å². The first kappa shape index (κ1) is 21.9. The summed E-state index contributed by atoms with van der Waals surface area (Å²) < 4.78 is 23.6. The molecule has 2 atom stereocenters. The monoisotopic (exact) mass is 567 g/mol. The van der Waals surface area contributed by atoms with Crippen LogP contribution in [0.4, 0.5) is 0 Å². The van der Waals surface area contributed by atoms with Crippen molar-refractivity contribution in [3.8, 4) is 11.5 Å². The van der Waals surface area contributed by atoms with Crippen molar-refractivity contribution in [3.05, 3.63) is 22.2 Å². The second-order valence-electron chi connectivity index (χ2n) is 6.89. The number of nitrogens with one attached hydrogen (secondary N) is 1. The van der Waals surface area contributed by atoms with Crippen molar-refractivity contribution >= 4 is 45.9 Å². The fourth-order valence-corrected chi connectivity index (χ4v) is 4.30. The van der Waals surface area contributed by atoms with Gasteiger partial charge in [-0.25, -0.2) is 4.99 Å². The van der Waals surface area contributed by atoms with Gasteiger partial charge in [0, 0.05) is 26.2 Å². The lowest BCUT2D eigenvalue weighted by Gasteiger charge is -2.37. The molecule has 0 amide bonds. The number of guanidine groups is 1. The minimum atomic E-state index is 0. The number of halogens is 2. The molecule has 2 saturated heterocycles. The first-order valence-electron chi connectivity index (χ1n) is 9.59. The molecule has 1 aromatic rings. The number of morpholine rings is 1. The van der Waals surface area contributed by atoms with E-state index in [1.165, 1.54) is 0 Å². The fraction of sp³-hybridized carbons (Fsp3) is 0.632. The molecule has 3 heterocycles.